The van der Waals surface area contributed by atoms with Crippen LogP contribution in [0, 0.1) is 6.92 Å². The quantitative estimate of drug-likeness (QED) is 0.319. The number of fused-ring (bicyclic) bond motifs is 1. The van der Waals surface area contributed by atoms with Gasteiger partial charge in [-0.2, -0.15) is 0 Å². The van der Waals surface area contributed by atoms with E-state index in [0.717, 1.165) is 42.9 Å². The van der Waals surface area contributed by atoms with E-state index in [1.807, 2.05) is 37.3 Å². The van der Waals surface area contributed by atoms with Crippen LogP contribution in [0.1, 0.15) is 30.9 Å². The molecule has 4 heterocycles. The van der Waals surface area contributed by atoms with Crippen molar-refractivity contribution in [2.24, 2.45) is 0 Å². The monoisotopic (exact) mass is 549 g/mol. The maximum atomic E-state index is 13.8. The van der Waals surface area contributed by atoms with Crippen molar-refractivity contribution in [1.82, 2.24) is 14.3 Å². The second kappa shape index (κ2) is 11.2. The minimum absolute atomic E-state index is 0.144. The fourth-order valence-electron chi connectivity index (χ4n) is 4.80. The largest absolute Gasteiger partial charge is 0.495 e. The van der Waals surface area contributed by atoms with Crippen LogP contribution in [0.5, 0.6) is 5.75 Å². The summed E-state index contributed by atoms with van der Waals surface area (Å²) in [6.07, 6.45) is 5.33. The molecule has 8 nitrogen and oxygen atoms in total. The Hall–Kier alpha value is -3.37. The summed E-state index contributed by atoms with van der Waals surface area (Å²) in [7, 11) is 1.68. The molecular formula is C28H31N5O3S2. The Morgan fingerprint density at radius 2 is 1.82 bits per heavy atom. The number of carbonyl (C=O) groups is 1. The average molecular weight is 550 g/mol. The Morgan fingerprint density at radius 1 is 1.08 bits per heavy atom. The van der Waals surface area contributed by atoms with Crippen LogP contribution in [0.3, 0.4) is 0 Å². The number of amides is 1. The number of unbranched alkanes of at least 4 members (excludes halogenated alkanes) is 1. The van der Waals surface area contributed by atoms with Crippen LogP contribution in [0.25, 0.3) is 11.7 Å². The van der Waals surface area contributed by atoms with Gasteiger partial charge in [-0.15, -0.1) is 0 Å². The Bertz CT molecular complexity index is 1480. The summed E-state index contributed by atoms with van der Waals surface area (Å²) in [4.78, 5) is 38.4. The highest BCUT2D eigenvalue weighted by Crippen LogP contribution is 2.34. The predicted octanol–water partition coefficient (Wildman–Crippen LogP) is 4.34. The summed E-state index contributed by atoms with van der Waals surface area (Å²) in [5, 5.41) is 0. The average Bonchev–Trinajstić information content (AvgIpc) is 3.20. The lowest BCUT2D eigenvalue weighted by atomic mass is 10.2. The summed E-state index contributed by atoms with van der Waals surface area (Å²) in [5.41, 5.74) is 2.80. The predicted molar refractivity (Wildman–Crippen MR) is 158 cm³/mol. The molecule has 0 atom stereocenters. The number of para-hydroxylation sites is 2. The molecule has 0 aliphatic carbocycles. The van der Waals surface area contributed by atoms with Crippen LogP contribution in [-0.2, 0) is 4.79 Å². The van der Waals surface area contributed by atoms with Crippen LogP contribution in [0.4, 0.5) is 11.5 Å². The number of pyridine rings is 1. The second-order valence-electron chi connectivity index (χ2n) is 9.42. The molecule has 2 saturated heterocycles. The number of aromatic nitrogens is 2. The van der Waals surface area contributed by atoms with Gasteiger partial charge in [0, 0.05) is 38.9 Å². The number of aryl methyl sites for hydroxylation is 1. The molecule has 2 aliphatic rings. The molecule has 0 radical (unpaired) electrons. The zero-order valence-corrected chi connectivity index (χ0v) is 23.5. The van der Waals surface area contributed by atoms with Crippen LogP contribution >= 0.6 is 24.0 Å². The highest BCUT2D eigenvalue weighted by Gasteiger charge is 2.33. The lowest BCUT2D eigenvalue weighted by Gasteiger charge is -2.37. The highest BCUT2D eigenvalue weighted by molar-refractivity contribution is 8.26. The van der Waals surface area contributed by atoms with Gasteiger partial charge in [-0.05, 0) is 43.2 Å². The van der Waals surface area contributed by atoms with E-state index >= 15 is 0 Å². The summed E-state index contributed by atoms with van der Waals surface area (Å²) < 4.78 is 7.66. The molecule has 0 saturated carbocycles. The van der Waals surface area contributed by atoms with Crippen molar-refractivity contribution in [2.75, 3.05) is 49.6 Å². The van der Waals surface area contributed by atoms with E-state index in [0.29, 0.717) is 45.9 Å². The molecule has 38 heavy (non-hydrogen) atoms. The summed E-state index contributed by atoms with van der Waals surface area (Å²) in [6.45, 7) is 7.44. The van der Waals surface area contributed by atoms with Gasteiger partial charge in [0.1, 0.15) is 21.5 Å². The maximum absolute atomic E-state index is 13.8. The topological polar surface area (TPSA) is 70.4 Å². The maximum Gasteiger partial charge on any atom is 0.267 e. The van der Waals surface area contributed by atoms with E-state index in [2.05, 4.69) is 22.8 Å². The number of ether oxygens (including phenoxy) is 1. The normalized spacial score (nSPS) is 17.2. The van der Waals surface area contributed by atoms with Gasteiger partial charge in [0.05, 0.1) is 23.3 Å². The number of thiocarbonyl (C=S) groups is 1. The number of carbonyl (C=O) groups excluding carboxylic acids is 1. The molecule has 2 aliphatic heterocycles. The molecule has 5 rings (SSSR count). The number of hydrogen-bond acceptors (Lipinski definition) is 8. The fraction of sp³-hybridized carbons (Fsp3) is 0.357. The number of piperazine rings is 1. The second-order valence-corrected chi connectivity index (χ2v) is 11.1. The number of anilines is 2. The Balaban J connectivity index is 1.51. The van der Waals surface area contributed by atoms with E-state index in [9.17, 15) is 9.59 Å². The molecule has 0 bridgehead atoms. The standard InChI is InChI=1S/C28H31N5O3S2/c1-4-5-12-32-27(35)23(38-28(32)37)17-20-25(29-24-11-10-19(2)18-33(24)26(20)34)31-15-13-30(14-16-31)21-8-6-7-9-22(21)36-3/h6-11,17-18H,4-5,12-16H2,1-3H3/b23-17-. The first kappa shape index (κ1) is 26.2. The van der Waals surface area contributed by atoms with Gasteiger partial charge in [-0.1, -0.05) is 55.5 Å². The molecule has 3 aromatic rings. The van der Waals surface area contributed by atoms with E-state index in [-0.39, 0.29) is 11.5 Å². The molecule has 0 spiro atoms. The van der Waals surface area contributed by atoms with Gasteiger partial charge >= 0.3 is 0 Å². The van der Waals surface area contributed by atoms with Crippen molar-refractivity contribution in [2.45, 2.75) is 26.7 Å². The van der Waals surface area contributed by atoms with Crippen molar-refractivity contribution in [3.63, 3.8) is 0 Å². The molecule has 0 unspecified atom stereocenters. The van der Waals surface area contributed by atoms with Crippen LogP contribution in [0.2, 0.25) is 0 Å². The highest BCUT2D eigenvalue weighted by atomic mass is 32.2. The number of hydrogen-bond donors (Lipinski definition) is 0. The summed E-state index contributed by atoms with van der Waals surface area (Å²) in [6, 6.07) is 11.8. The first-order valence-corrected chi connectivity index (χ1v) is 14.0. The zero-order chi connectivity index (χ0) is 26.8. The summed E-state index contributed by atoms with van der Waals surface area (Å²) >= 11 is 6.74. The van der Waals surface area contributed by atoms with Crippen molar-refractivity contribution < 1.29 is 9.53 Å². The molecule has 2 aromatic heterocycles. The van der Waals surface area contributed by atoms with E-state index < -0.39 is 0 Å². The molecular weight excluding hydrogens is 518 g/mol. The first-order chi connectivity index (χ1) is 18.4. The molecule has 0 N–H and O–H groups in total. The van der Waals surface area contributed by atoms with Gasteiger partial charge < -0.3 is 14.5 Å². The van der Waals surface area contributed by atoms with Gasteiger partial charge in [-0.3, -0.25) is 18.9 Å². The lowest BCUT2D eigenvalue weighted by Crippen LogP contribution is -2.47. The van der Waals surface area contributed by atoms with Gasteiger partial charge in [-0.25, -0.2) is 4.98 Å². The number of methoxy groups -OCH3 is 1. The Labute approximate surface area is 231 Å². The van der Waals surface area contributed by atoms with E-state index in [4.69, 9.17) is 21.9 Å². The summed E-state index contributed by atoms with van der Waals surface area (Å²) in [5.74, 6) is 1.29. The van der Waals surface area contributed by atoms with Gasteiger partial charge in [0.25, 0.3) is 11.5 Å². The van der Waals surface area contributed by atoms with Crippen molar-refractivity contribution in [1.29, 1.82) is 0 Å². The molecule has 1 amide bonds. The van der Waals surface area contributed by atoms with E-state index in [1.54, 1.807) is 28.7 Å². The number of thioether (sulfide) groups is 1. The van der Waals surface area contributed by atoms with Crippen LogP contribution in [-0.4, -0.2) is 64.3 Å². The van der Waals surface area contributed by atoms with Crippen molar-refractivity contribution >= 4 is 57.4 Å². The Morgan fingerprint density at radius 3 is 2.55 bits per heavy atom. The molecule has 198 valence electrons. The van der Waals surface area contributed by atoms with Gasteiger partial charge in [0.2, 0.25) is 0 Å². The van der Waals surface area contributed by atoms with E-state index in [1.165, 1.54) is 11.8 Å². The SMILES string of the molecule is CCCCN1C(=O)/C(=C/c2c(N3CCN(c4ccccc4OC)CC3)nc3ccc(C)cn3c2=O)SC1=S. The molecule has 2 fully saturated rings. The minimum atomic E-state index is -0.195. The number of rotatable bonds is 7. The lowest BCUT2D eigenvalue weighted by molar-refractivity contribution is -0.122. The number of benzene rings is 1. The third kappa shape index (κ3) is 5.02. The fourth-order valence-corrected chi connectivity index (χ4v) is 6.09. The number of nitrogens with zero attached hydrogens (tertiary/aromatic N) is 5. The third-order valence-corrected chi connectivity index (χ3v) is 8.25. The molecule has 10 heteroatoms. The third-order valence-electron chi connectivity index (χ3n) is 6.87. The van der Waals surface area contributed by atoms with Crippen LogP contribution in [0.15, 0.2) is 52.3 Å². The smallest absolute Gasteiger partial charge is 0.267 e. The van der Waals surface area contributed by atoms with Gasteiger partial charge in [0.15, 0.2) is 0 Å². The minimum Gasteiger partial charge on any atom is -0.495 e. The first-order valence-electron chi connectivity index (χ1n) is 12.8. The van der Waals surface area contributed by atoms with Crippen molar-refractivity contribution in [3.8, 4) is 5.75 Å². The Kier molecular flexibility index (Phi) is 7.71. The van der Waals surface area contributed by atoms with Crippen molar-refractivity contribution in [3.05, 3.63) is 69.0 Å². The zero-order valence-electron chi connectivity index (χ0n) is 21.8. The molecule has 1 aromatic carbocycles. The van der Waals surface area contributed by atoms with Crippen LogP contribution < -0.4 is 20.1 Å².